The Kier molecular flexibility index (Phi) is 4.64. The summed E-state index contributed by atoms with van der Waals surface area (Å²) < 4.78 is 5.19. The molecule has 0 saturated carbocycles. The fourth-order valence-electron chi connectivity index (χ4n) is 1.89. The van der Waals surface area contributed by atoms with Crippen LogP contribution in [-0.4, -0.2) is 21.3 Å². The first-order valence-corrected chi connectivity index (χ1v) is 8.02. The third kappa shape index (κ3) is 3.91. The summed E-state index contributed by atoms with van der Waals surface area (Å²) >= 11 is 7.28. The molecule has 0 aliphatic rings. The molecule has 0 bridgehead atoms. The SMILES string of the molecule is O=C(O)c1ccc(CSc2ccc(-c3ccc(Cl)cc3)nn2)o1. The number of carboxylic acids is 1. The monoisotopic (exact) mass is 346 g/mol. The van der Waals surface area contributed by atoms with Gasteiger partial charge in [-0.2, -0.15) is 0 Å². The minimum absolute atomic E-state index is 0.0650. The number of benzene rings is 1. The molecule has 0 fully saturated rings. The molecule has 1 aromatic carbocycles. The molecule has 0 spiro atoms. The lowest BCUT2D eigenvalue weighted by Crippen LogP contribution is -1.92. The molecule has 0 aliphatic heterocycles. The molecule has 0 radical (unpaired) electrons. The van der Waals surface area contributed by atoms with E-state index in [-0.39, 0.29) is 5.76 Å². The molecule has 3 aromatic rings. The van der Waals surface area contributed by atoms with Crippen molar-refractivity contribution in [2.24, 2.45) is 0 Å². The van der Waals surface area contributed by atoms with Gasteiger partial charge in [0.05, 0.1) is 11.4 Å². The number of hydrogen-bond donors (Lipinski definition) is 1. The molecule has 2 heterocycles. The van der Waals surface area contributed by atoms with E-state index in [1.54, 1.807) is 18.2 Å². The summed E-state index contributed by atoms with van der Waals surface area (Å²) in [4.78, 5) is 10.8. The highest BCUT2D eigenvalue weighted by molar-refractivity contribution is 7.98. The van der Waals surface area contributed by atoms with Crippen LogP contribution in [0.15, 0.2) is 58.0 Å². The van der Waals surface area contributed by atoms with Crippen molar-refractivity contribution < 1.29 is 14.3 Å². The van der Waals surface area contributed by atoms with Crippen molar-refractivity contribution in [1.82, 2.24) is 10.2 Å². The van der Waals surface area contributed by atoms with E-state index in [0.29, 0.717) is 16.5 Å². The number of carboxylic acid groups (broad SMARTS) is 1. The largest absolute Gasteiger partial charge is 0.475 e. The Bertz CT molecular complexity index is 816. The van der Waals surface area contributed by atoms with E-state index < -0.39 is 5.97 Å². The zero-order valence-corrected chi connectivity index (χ0v) is 13.3. The van der Waals surface area contributed by atoms with E-state index >= 15 is 0 Å². The van der Waals surface area contributed by atoms with Crippen LogP contribution in [0.3, 0.4) is 0 Å². The molecule has 0 amide bonds. The topological polar surface area (TPSA) is 76.2 Å². The molecular formula is C16H11ClN2O3S. The molecule has 0 atom stereocenters. The van der Waals surface area contributed by atoms with Gasteiger partial charge in [-0.3, -0.25) is 0 Å². The van der Waals surface area contributed by atoms with Gasteiger partial charge < -0.3 is 9.52 Å². The summed E-state index contributed by atoms with van der Waals surface area (Å²) in [6.45, 7) is 0. The van der Waals surface area contributed by atoms with Crippen LogP contribution in [0.1, 0.15) is 16.3 Å². The number of nitrogens with zero attached hydrogens (tertiary/aromatic N) is 2. The number of carbonyl (C=O) groups is 1. The first kappa shape index (κ1) is 15.6. The van der Waals surface area contributed by atoms with Crippen molar-refractivity contribution in [2.45, 2.75) is 10.8 Å². The zero-order chi connectivity index (χ0) is 16.2. The Hall–Kier alpha value is -2.31. The molecular weight excluding hydrogens is 336 g/mol. The van der Waals surface area contributed by atoms with Gasteiger partial charge in [-0.25, -0.2) is 4.79 Å². The lowest BCUT2D eigenvalue weighted by atomic mass is 10.1. The normalized spacial score (nSPS) is 10.7. The van der Waals surface area contributed by atoms with Gasteiger partial charge in [0.1, 0.15) is 10.8 Å². The summed E-state index contributed by atoms with van der Waals surface area (Å²) in [5.41, 5.74) is 1.70. The Morgan fingerprint density at radius 1 is 1.09 bits per heavy atom. The molecule has 0 unspecified atom stereocenters. The standard InChI is InChI=1S/C16H11ClN2O3S/c17-11-3-1-10(2-4-11)13-6-8-15(19-18-13)23-9-12-5-7-14(22-12)16(20)21/h1-8H,9H2,(H,20,21). The second-order valence-corrected chi connectivity index (χ2v) is 6.06. The highest BCUT2D eigenvalue weighted by Gasteiger charge is 2.09. The summed E-state index contributed by atoms with van der Waals surface area (Å²) in [6.07, 6.45) is 0. The predicted octanol–water partition coefficient (Wildman–Crippen LogP) is 4.38. The van der Waals surface area contributed by atoms with Crippen molar-refractivity contribution >= 4 is 29.3 Å². The zero-order valence-electron chi connectivity index (χ0n) is 11.8. The predicted molar refractivity (Wildman–Crippen MR) is 87.7 cm³/mol. The van der Waals surface area contributed by atoms with Gasteiger partial charge in [-0.05, 0) is 36.4 Å². The lowest BCUT2D eigenvalue weighted by molar-refractivity contribution is 0.0661. The van der Waals surface area contributed by atoms with Gasteiger partial charge in [0.2, 0.25) is 5.76 Å². The van der Waals surface area contributed by atoms with E-state index in [1.807, 2.05) is 24.3 Å². The second-order valence-electron chi connectivity index (χ2n) is 4.62. The van der Waals surface area contributed by atoms with E-state index in [4.69, 9.17) is 21.1 Å². The quantitative estimate of drug-likeness (QED) is 0.691. The molecule has 1 N–H and O–H groups in total. The van der Waals surface area contributed by atoms with Crippen LogP contribution < -0.4 is 0 Å². The Balaban J connectivity index is 1.65. The maximum Gasteiger partial charge on any atom is 0.371 e. The number of aromatic carboxylic acids is 1. The fourth-order valence-corrected chi connectivity index (χ4v) is 2.72. The van der Waals surface area contributed by atoms with Crippen LogP contribution in [-0.2, 0) is 5.75 Å². The first-order valence-electron chi connectivity index (χ1n) is 6.66. The van der Waals surface area contributed by atoms with Crippen LogP contribution in [0, 0.1) is 0 Å². The highest BCUT2D eigenvalue weighted by Crippen LogP contribution is 2.24. The van der Waals surface area contributed by atoms with Gasteiger partial charge in [-0.1, -0.05) is 35.5 Å². The summed E-state index contributed by atoms with van der Waals surface area (Å²) in [6, 6.07) is 14.2. The maximum atomic E-state index is 10.8. The van der Waals surface area contributed by atoms with Crippen molar-refractivity contribution in [3.05, 3.63) is 65.1 Å². The number of rotatable bonds is 5. The second kappa shape index (κ2) is 6.85. The first-order chi connectivity index (χ1) is 11.1. The average Bonchev–Trinajstić information content (AvgIpc) is 3.04. The molecule has 0 aliphatic carbocycles. The van der Waals surface area contributed by atoms with Gasteiger partial charge in [0, 0.05) is 10.6 Å². The third-order valence-corrected chi connectivity index (χ3v) is 4.21. The fraction of sp³-hybridized carbons (Fsp3) is 0.0625. The van der Waals surface area contributed by atoms with E-state index in [1.165, 1.54) is 17.8 Å². The molecule has 7 heteroatoms. The van der Waals surface area contributed by atoms with E-state index in [9.17, 15) is 4.79 Å². The van der Waals surface area contributed by atoms with Crippen LogP contribution in [0.5, 0.6) is 0 Å². The van der Waals surface area contributed by atoms with E-state index in [0.717, 1.165) is 16.3 Å². The van der Waals surface area contributed by atoms with Gasteiger partial charge in [0.25, 0.3) is 0 Å². The molecule has 116 valence electrons. The highest BCUT2D eigenvalue weighted by atomic mass is 35.5. The molecule has 23 heavy (non-hydrogen) atoms. The molecule has 5 nitrogen and oxygen atoms in total. The molecule has 0 saturated heterocycles. The van der Waals surface area contributed by atoms with Crippen molar-refractivity contribution in [3.8, 4) is 11.3 Å². The Labute approximate surface area is 141 Å². The van der Waals surface area contributed by atoms with Crippen LogP contribution in [0.25, 0.3) is 11.3 Å². The Morgan fingerprint density at radius 3 is 2.48 bits per heavy atom. The minimum Gasteiger partial charge on any atom is -0.475 e. The van der Waals surface area contributed by atoms with Crippen molar-refractivity contribution in [3.63, 3.8) is 0 Å². The number of hydrogen-bond acceptors (Lipinski definition) is 5. The minimum atomic E-state index is -1.08. The summed E-state index contributed by atoms with van der Waals surface area (Å²) in [7, 11) is 0. The van der Waals surface area contributed by atoms with Gasteiger partial charge >= 0.3 is 5.97 Å². The smallest absolute Gasteiger partial charge is 0.371 e. The third-order valence-electron chi connectivity index (χ3n) is 3.01. The number of thioether (sulfide) groups is 1. The summed E-state index contributed by atoms with van der Waals surface area (Å²) in [5.74, 6) is -0.0727. The van der Waals surface area contributed by atoms with E-state index in [2.05, 4.69) is 10.2 Å². The summed E-state index contributed by atoms with van der Waals surface area (Å²) in [5, 5.41) is 18.6. The van der Waals surface area contributed by atoms with Crippen molar-refractivity contribution in [1.29, 1.82) is 0 Å². The number of furan rings is 1. The van der Waals surface area contributed by atoms with Gasteiger partial charge in [-0.15, -0.1) is 10.2 Å². The number of aromatic nitrogens is 2. The van der Waals surface area contributed by atoms with Crippen LogP contribution >= 0.6 is 23.4 Å². The molecule has 3 rings (SSSR count). The molecule has 2 aromatic heterocycles. The maximum absolute atomic E-state index is 10.8. The van der Waals surface area contributed by atoms with Crippen molar-refractivity contribution in [2.75, 3.05) is 0 Å². The Morgan fingerprint density at radius 2 is 1.87 bits per heavy atom. The number of halogens is 1. The van der Waals surface area contributed by atoms with Crippen LogP contribution in [0.4, 0.5) is 0 Å². The van der Waals surface area contributed by atoms with Crippen LogP contribution in [0.2, 0.25) is 5.02 Å². The average molecular weight is 347 g/mol. The van der Waals surface area contributed by atoms with Gasteiger partial charge in [0.15, 0.2) is 0 Å². The lowest BCUT2D eigenvalue weighted by Gasteiger charge is -2.02.